The summed E-state index contributed by atoms with van der Waals surface area (Å²) in [6.07, 6.45) is 0.607. The van der Waals surface area contributed by atoms with Crippen molar-refractivity contribution in [3.63, 3.8) is 0 Å². The molecule has 1 amide bonds. The third-order valence-corrected chi connectivity index (χ3v) is 2.60. The fraction of sp³-hybridized carbons (Fsp3) is 0.571. The summed E-state index contributed by atoms with van der Waals surface area (Å²) in [7, 11) is -2.00. The van der Waals surface area contributed by atoms with E-state index < -0.39 is 10.1 Å². The second-order valence-corrected chi connectivity index (χ2v) is 4.22. The van der Waals surface area contributed by atoms with Crippen molar-refractivity contribution in [1.82, 2.24) is 5.32 Å². The molecule has 0 aromatic heterocycles. The Kier molecular flexibility index (Phi) is 8.77. The van der Waals surface area contributed by atoms with Crippen LogP contribution in [0.5, 0.6) is 0 Å². The van der Waals surface area contributed by atoms with E-state index in [0.717, 1.165) is 0 Å². The van der Waals surface area contributed by atoms with Gasteiger partial charge >= 0.3 is 29.6 Å². The molecule has 0 atom stereocenters. The van der Waals surface area contributed by atoms with E-state index >= 15 is 0 Å². The Balaban J connectivity index is 0. The summed E-state index contributed by atoms with van der Waals surface area (Å²) in [4.78, 5) is 9.68. The summed E-state index contributed by atoms with van der Waals surface area (Å²) in [5, 5.41) is 2.36. The maximum absolute atomic E-state index is 10.4. The number of carbonyl (C=O) groups is 1. The first kappa shape index (κ1) is 16.5. The molecule has 78 valence electrons. The van der Waals surface area contributed by atoms with Gasteiger partial charge in [0.05, 0.1) is 18.6 Å². The molecule has 0 radical (unpaired) electrons. The molecule has 0 saturated carbocycles. The van der Waals surface area contributed by atoms with Gasteiger partial charge < -0.3 is 5.32 Å². The van der Waals surface area contributed by atoms with Crippen molar-refractivity contribution in [2.24, 2.45) is 0 Å². The second-order valence-electron chi connectivity index (χ2n) is 2.36. The van der Waals surface area contributed by atoms with Crippen LogP contribution in [-0.2, 0) is 19.1 Å². The zero-order chi connectivity index (χ0) is 10.5. The molecule has 1 N–H and O–H groups in total. The SMILES string of the molecule is C=C1NC1=O.CCCS(=O)(=O)OC.[NaH]. The normalized spacial score (nSPS) is 13.3. The number of amides is 1. The Morgan fingerprint density at radius 3 is 1.93 bits per heavy atom. The van der Waals surface area contributed by atoms with Crippen LogP contribution in [0, 0.1) is 0 Å². The van der Waals surface area contributed by atoms with Gasteiger partial charge in [0.25, 0.3) is 16.0 Å². The van der Waals surface area contributed by atoms with Crippen LogP contribution in [-0.4, -0.2) is 56.7 Å². The molecule has 0 unspecified atom stereocenters. The molecule has 0 aromatic carbocycles. The van der Waals surface area contributed by atoms with E-state index in [1.54, 1.807) is 6.92 Å². The zero-order valence-electron chi connectivity index (χ0n) is 7.66. The molecule has 0 aliphatic carbocycles. The third kappa shape index (κ3) is 8.71. The Hall–Kier alpha value is 0.120. The Morgan fingerprint density at radius 1 is 1.50 bits per heavy atom. The van der Waals surface area contributed by atoms with Crippen molar-refractivity contribution in [2.75, 3.05) is 12.9 Å². The topological polar surface area (TPSA) is 82.4 Å². The van der Waals surface area contributed by atoms with Crippen molar-refractivity contribution in [1.29, 1.82) is 0 Å². The van der Waals surface area contributed by atoms with E-state index in [2.05, 4.69) is 16.1 Å². The number of hydrogen-bond donors (Lipinski definition) is 1. The molecule has 1 fully saturated rings. The van der Waals surface area contributed by atoms with Gasteiger partial charge in [-0.15, -0.1) is 0 Å². The molecule has 7 heteroatoms. The number of carbonyl (C=O) groups excluding carboxylic acids is 1. The van der Waals surface area contributed by atoms with Gasteiger partial charge in [-0.2, -0.15) is 8.42 Å². The van der Waals surface area contributed by atoms with E-state index in [0.29, 0.717) is 12.1 Å². The first-order valence-electron chi connectivity index (χ1n) is 3.71. The van der Waals surface area contributed by atoms with Crippen molar-refractivity contribution in [2.45, 2.75) is 13.3 Å². The van der Waals surface area contributed by atoms with Crippen LogP contribution < -0.4 is 5.32 Å². The van der Waals surface area contributed by atoms with E-state index in [-0.39, 0.29) is 41.2 Å². The van der Waals surface area contributed by atoms with Gasteiger partial charge in [-0.05, 0) is 6.42 Å². The molecule has 5 nitrogen and oxygen atoms in total. The van der Waals surface area contributed by atoms with Crippen molar-refractivity contribution < 1.29 is 17.4 Å². The third-order valence-electron chi connectivity index (χ3n) is 1.18. The van der Waals surface area contributed by atoms with E-state index in [4.69, 9.17) is 0 Å². The Bertz CT molecular complexity index is 287. The minimum absolute atomic E-state index is 0. The molecule has 1 rings (SSSR count). The van der Waals surface area contributed by atoms with Gasteiger partial charge in [0.1, 0.15) is 0 Å². The summed E-state index contributed by atoms with van der Waals surface area (Å²) in [6, 6.07) is 0. The molecule has 0 spiro atoms. The van der Waals surface area contributed by atoms with Gasteiger partial charge in [-0.25, -0.2) is 0 Å². The molecule has 0 bridgehead atoms. The molecule has 14 heavy (non-hydrogen) atoms. The van der Waals surface area contributed by atoms with Crippen LogP contribution in [0.15, 0.2) is 12.3 Å². The van der Waals surface area contributed by atoms with E-state index in [1.165, 1.54) is 7.11 Å². The zero-order valence-corrected chi connectivity index (χ0v) is 8.48. The predicted molar refractivity (Wildman–Crippen MR) is 55.5 cm³/mol. The van der Waals surface area contributed by atoms with Crippen LogP contribution in [0.3, 0.4) is 0 Å². The van der Waals surface area contributed by atoms with Crippen LogP contribution in [0.4, 0.5) is 0 Å². The first-order valence-corrected chi connectivity index (χ1v) is 5.29. The number of rotatable bonds is 3. The second kappa shape index (κ2) is 7.42. The quantitative estimate of drug-likeness (QED) is 0.303. The van der Waals surface area contributed by atoms with Gasteiger partial charge in [-0.3, -0.25) is 8.98 Å². The van der Waals surface area contributed by atoms with Gasteiger partial charge in [0, 0.05) is 0 Å². The number of hydrogen-bond acceptors (Lipinski definition) is 4. The van der Waals surface area contributed by atoms with Gasteiger partial charge in [0.15, 0.2) is 0 Å². The standard InChI is InChI=1S/C4H10O3S.C3H3NO.Na.H/c1-3-4-8(5,6)7-2;1-2-3(5)4-2;;/h3-4H2,1-2H3;1H2,(H,4,5);;. The number of nitrogens with one attached hydrogen (secondary N) is 1. The first-order chi connectivity index (χ1) is 5.93. The predicted octanol–water partition coefficient (Wildman–Crippen LogP) is -0.646. The molecular formula is C7H14NNaO4S. The summed E-state index contributed by atoms with van der Waals surface area (Å²) < 4.78 is 24.9. The molecule has 1 heterocycles. The Labute approximate surface area is 106 Å². The monoisotopic (exact) mass is 231 g/mol. The van der Waals surface area contributed by atoms with Crippen molar-refractivity contribution in [3.8, 4) is 0 Å². The van der Waals surface area contributed by atoms with Gasteiger partial charge in [-0.1, -0.05) is 13.5 Å². The van der Waals surface area contributed by atoms with Crippen LogP contribution in [0.1, 0.15) is 13.3 Å². The molecule has 1 aliphatic heterocycles. The van der Waals surface area contributed by atoms with Gasteiger partial charge in [0.2, 0.25) is 0 Å². The summed E-state index contributed by atoms with van der Waals surface area (Å²) in [5.74, 6) is 0.0914. The molecule has 0 aromatic rings. The average Bonchev–Trinajstić information content (AvgIpc) is 2.66. The average molecular weight is 231 g/mol. The van der Waals surface area contributed by atoms with Crippen LogP contribution >= 0.6 is 0 Å². The summed E-state index contributed by atoms with van der Waals surface area (Å²) >= 11 is 0. The van der Waals surface area contributed by atoms with Crippen molar-refractivity contribution in [3.05, 3.63) is 12.3 Å². The minimum atomic E-state index is -3.17. The molecule has 1 saturated heterocycles. The van der Waals surface area contributed by atoms with Crippen LogP contribution in [0.25, 0.3) is 0 Å². The molecular weight excluding hydrogens is 217 g/mol. The fourth-order valence-corrected chi connectivity index (χ4v) is 1.11. The fourth-order valence-electron chi connectivity index (χ4n) is 0.439. The molecule has 1 aliphatic rings. The summed E-state index contributed by atoms with van der Waals surface area (Å²) in [5.41, 5.74) is 0.532. The summed E-state index contributed by atoms with van der Waals surface area (Å²) in [6.45, 7) is 5.08. The maximum atomic E-state index is 10.4. The Morgan fingerprint density at radius 2 is 1.86 bits per heavy atom. The van der Waals surface area contributed by atoms with E-state index in [1.807, 2.05) is 0 Å². The van der Waals surface area contributed by atoms with Crippen LogP contribution in [0.2, 0.25) is 0 Å². The van der Waals surface area contributed by atoms with Crippen molar-refractivity contribution >= 4 is 45.6 Å². The van der Waals surface area contributed by atoms with E-state index in [9.17, 15) is 13.2 Å².